The molecule has 1 saturated heterocycles. The molecule has 4 atom stereocenters. The second-order valence-electron chi connectivity index (χ2n) is 3.21. The average Bonchev–Trinajstić information content (AvgIpc) is 2.11. The first kappa shape index (κ1) is 10.8. The van der Waals surface area contributed by atoms with Crippen LogP contribution in [0.3, 0.4) is 0 Å². The van der Waals surface area contributed by atoms with Gasteiger partial charge in [-0.1, -0.05) is 0 Å². The van der Waals surface area contributed by atoms with Crippen LogP contribution in [0.4, 0.5) is 0 Å². The quantitative estimate of drug-likeness (QED) is 0.324. The summed E-state index contributed by atoms with van der Waals surface area (Å²) in [7, 11) is 0. The van der Waals surface area contributed by atoms with Crippen LogP contribution in [0, 0.1) is 0 Å². The van der Waals surface area contributed by atoms with E-state index in [1.165, 1.54) is 0 Å². The summed E-state index contributed by atoms with van der Waals surface area (Å²) in [5.41, 5.74) is 0. The van der Waals surface area contributed by atoms with E-state index in [2.05, 4.69) is 0 Å². The average molecular weight is 194 g/mol. The highest BCUT2D eigenvalue weighted by Gasteiger charge is 2.44. The smallest absolute Gasteiger partial charge is 0.192 e. The summed E-state index contributed by atoms with van der Waals surface area (Å²) in [6.07, 6.45) is -3.79. The fraction of sp³-hybridized carbons (Fsp3) is 1.00. The number of aliphatic hydroxyl groups is 5. The van der Waals surface area contributed by atoms with E-state index in [1.807, 2.05) is 0 Å². The van der Waals surface area contributed by atoms with Gasteiger partial charge in [-0.25, -0.2) is 0 Å². The molecule has 13 heavy (non-hydrogen) atoms. The molecule has 0 radical (unpaired) electrons. The lowest BCUT2D eigenvalue weighted by Crippen LogP contribution is -2.57. The summed E-state index contributed by atoms with van der Waals surface area (Å²) in [6.45, 7) is -1.21. The molecule has 0 saturated carbocycles. The number of rotatable bonds is 2. The Kier molecular flexibility index (Phi) is 3.23. The summed E-state index contributed by atoms with van der Waals surface area (Å²) >= 11 is 0. The van der Waals surface area contributed by atoms with Crippen LogP contribution in [0.15, 0.2) is 0 Å². The van der Waals surface area contributed by atoms with E-state index in [1.54, 1.807) is 0 Å². The van der Waals surface area contributed by atoms with Crippen molar-refractivity contribution in [2.24, 2.45) is 0 Å². The highest BCUT2D eigenvalue weighted by molar-refractivity contribution is 4.88. The molecule has 1 unspecified atom stereocenters. The third-order valence-electron chi connectivity index (χ3n) is 2.10. The van der Waals surface area contributed by atoms with Gasteiger partial charge in [0.1, 0.15) is 12.2 Å². The molecule has 1 rings (SSSR count). The van der Waals surface area contributed by atoms with E-state index in [0.29, 0.717) is 0 Å². The Morgan fingerprint density at radius 3 is 2.38 bits per heavy atom. The minimum atomic E-state index is -1.87. The van der Waals surface area contributed by atoms with Crippen LogP contribution in [-0.2, 0) is 4.74 Å². The Morgan fingerprint density at radius 1 is 1.31 bits per heavy atom. The van der Waals surface area contributed by atoms with Gasteiger partial charge in [-0.3, -0.25) is 0 Å². The van der Waals surface area contributed by atoms with Crippen LogP contribution >= 0.6 is 0 Å². The van der Waals surface area contributed by atoms with Crippen molar-refractivity contribution >= 4 is 0 Å². The molecular weight excluding hydrogens is 180 g/mol. The molecule has 6 heteroatoms. The first-order valence-electron chi connectivity index (χ1n) is 4.00. The molecule has 6 nitrogen and oxygen atoms in total. The maximum absolute atomic E-state index is 9.42. The zero-order valence-electron chi connectivity index (χ0n) is 7.00. The molecule has 5 N–H and O–H groups in total. The van der Waals surface area contributed by atoms with Crippen LogP contribution in [0.1, 0.15) is 6.42 Å². The first-order chi connectivity index (χ1) is 6.02. The highest BCUT2D eigenvalue weighted by Crippen LogP contribution is 2.26. The van der Waals surface area contributed by atoms with Crippen molar-refractivity contribution < 1.29 is 30.3 Å². The molecular formula is C7H14O6. The molecule has 0 aromatic rings. The van der Waals surface area contributed by atoms with Crippen LogP contribution in [-0.4, -0.2) is 62.8 Å². The molecule has 78 valence electrons. The third kappa shape index (κ3) is 2.16. The Bertz CT molecular complexity index is 174. The zero-order valence-corrected chi connectivity index (χ0v) is 7.00. The van der Waals surface area contributed by atoms with E-state index in [-0.39, 0.29) is 6.42 Å². The van der Waals surface area contributed by atoms with Crippen molar-refractivity contribution in [2.75, 3.05) is 13.2 Å². The predicted molar refractivity (Wildman–Crippen MR) is 40.6 cm³/mol. The molecule has 1 aliphatic rings. The lowest BCUT2D eigenvalue weighted by Gasteiger charge is -2.40. The van der Waals surface area contributed by atoms with Gasteiger partial charge in [0.25, 0.3) is 0 Å². The lowest BCUT2D eigenvalue weighted by molar-refractivity contribution is -0.315. The molecule has 0 aromatic heterocycles. The van der Waals surface area contributed by atoms with Gasteiger partial charge in [0, 0.05) is 6.42 Å². The SMILES string of the molecule is OC[C@H]1OC(O)(CO)C[C@@H](O)[C@@H]1O. The van der Waals surface area contributed by atoms with E-state index in [0.717, 1.165) is 0 Å². The van der Waals surface area contributed by atoms with E-state index in [9.17, 15) is 15.3 Å². The highest BCUT2D eigenvalue weighted by atomic mass is 16.7. The van der Waals surface area contributed by atoms with Gasteiger partial charge >= 0.3 is 0 Å². The topological polar surface area (TPSA) is 110 Å². The molecule has 0 amide bonds. The van der Waals surface area contributed by atoms with Crippen LogP contribution < -0.4 is 0 Å². The Balaban J connectivity index is 2.68. The monoisotopic (exact) mass is 194 g/mol. The summed E-state index contributed by atoms with van der Waals surface area (Å²) in [4.78, 5) is 0. The van der Waals surface area contributed by atoms with Crippen molar-refractivity contribution in [3.63, 3.8) is 0 Å². The first-order valence-corrected chi connectivity index (χ1v) is 4.00. The second kappa shape index (κ2) is 3.87. The minimum absolute atomic E-state index is 0.277. The van der Waals surface area contributed by atoms with E-state index < -0.39 is 37.3 Å². The molecule has 1 heterocycles. The Hall–Kier alpha value is -0.240. The molecule has 0 spiro atoms. The van der Waals surface area contributed by atoms with Crippen LogP contribution in [0.2, 0.25) is 0 Å². The summed E-state index contributed by atoms with van der Waals surface area (Å²) in [5.74, 6) is -1.87. The van der Waals surface area contributed by atoms with Crippen molar-refractivity contribution in [3.8, 4) is 0 Å². The number of hydrogen-bond donors (Lipinski definition) is 5. The minimum Gasteiger partial charge on any atom is -0.394 e. The van der Waals surface area contributed by atoms with Crippen LogP contribution in [0.5, 0.6) is 0 Å². The van der Waals surface area contributed by atoms with Gasteiger partial charge in [0.05, 0.1) is 19.3 Å². The Morgan fingerprint density at radius 2 is 1.92 bits per heavy atom. The van der Waals surface area contributed by atoms with Gasteiger partial charge in [-0.2, -0.15) is 0 Å². The molecule has 1 aliphatic heterocycles. The molecule has 1 fully saturated rings. The number of aliphatic hydroxyl groups excluding tert-OH is 4. The molecule has 0 aromatic carbocycles. The lowest BCUT2D eigenvalue weighted by atomic mass is 9.96. The second-order valence-corrected chi connectivity index (χ2v) is 3.21. The fourth-order valence-corrected chi connectivity index (χ4v) is 1.34. The number of ether oxygens (including phenoxy) is 1. The van der Waals surface area contributed by atoms with Gasteiger partial charge in [-0.15, -0.1) is 0 Å². The van der Waals surface area contributed by atoms with Gasteiger partial charge in [0.2, 0.25) is 0 Å². The van der Waals surface area contributed by atoms with Crippen molar-refractivity contribution in [1.29, 1.82) is 0 Å². The summed E-state index contributed by atoms with van der Waals surface area (Å²) in [5, 5.41) is 45.3. The van der Waals surface area contributed by atoms with Crippen LogP contribution in [0.25, 0.3) is 0 Å². The van der Waals surface area contributed by atoms with E-state index >= 15 is 0 Å². The van der Waals surface area contributed by atoms with E-state index in [4.69, 9.17) is 14.9 Å². The van der Waals surface area contributed by atoms with Gasteiger partial charge < -0.3 is 30.3 Å². The molecule has 0 bridgehead atoms. The van der Waals surface area contributed by atoms with Gasteiger partial charge in [0.15, 0.2) is 5.79 Å². The third-order valence-corrected chi connectivity index (χ3v) is 2.10. The standard InChI is InChI=1S/C7H14O6/c8-2-5-6(11)4(10)1-7(12,3-9)13-5/h4-6,8-12H,1-3H2/t4-,5-,6+,7?/m1/s1. The maximum atomic E-state index is 9.42. The summed E-state index contributed by atoms with van der Waals surface area (Å²) in [6, 6.07) is 0. The fourth-order valence-electron chi connectivity index (χ4n) is 1.34. The molecule has 0 aliphatic carbocycles. The maximum Gasteiger partial charge on any atom is 0.192 e. The van der Waals surface area contributed by atoms with Gasteiger partial charge in [-0.05, 0) is 0 Å². The summed E-state index contributed by atoms with van der Waals surface area (Å²) < 4.78 is 4.80. The Labute approximate surface area is 75.0 Å². The normalized spacial score (nSPS) is 46.4. The van der Waals surface area contributed by atoms with Crippen molar-refractivity contribution in [2.45, 2.75) is 30.5 Å². The van der Waals surface area contributed by atoms with Crippen molar-refractivity contribution in [1.82, 2.24) is 0 Å². The zero-order chi connectivity index (χ0) is 10.1. The van der Waals surface area contributed by atoms with Crippen molar-refractivity contribution in [3.05, 3.63) is 0 Å². The largest absolute Gasteiger partial charge is 0.394 e. The predicted octanol–water partition coefficient (Wildman–Crippen LogP) is -2.83. The number of hydrogen-bond acceptors (Lipinski definition) is 6.